The number of aliphatic hydroxyl groups is 1. The van der Waals surface area contributed by atoms with Gasteiger partial charge in [-0.3, -0.25) is 9.78 Å². The third-order valence-electron chi connectivity index (χ3n) is 3.99. The van der Waals surface area contributed by atoms with E-state index in [0.29, 0.717) is 31.5 Å². The predicted molar refractivity (Wildman–Crippen MR) is 77.5 cm³/mol. The summed E-state index contributed by atoms with van der Waals surface area (Å²) in [5, 5.41) is 10.9. The lowest BCUT2D eigenvalue weighted by atomic mass is 9.93. The molecule has 0 unspecified atom stereocenters. The Hall–Kier alpha value is -1.94. The molecule has 4 nitrogen and oxygen atoms in total. The Bertz CT molecular complexity index is 636. The van der Waals surface area contributed by atoms with Crippen molar-refractivity contribution < 1.29 is 9.90 Å². The lowest BCUT2D eigenvalue weighted by Gasteiger charge is -2.35. The van der Waals surface area contributed by atoms with E-state index in [1.807, 2.05) is 37.3 Å². The average molecular weight is 270 g/mol. The average Bonchev–Trinajstić information content (AvgIpc) is 2.46. The molecule has 0 radical (unpaired) electrons. The zero-order valence-corrected chi connectivity index (χ0v) is 11.5. The number of carbonyl (C=O) groups is 1. The number of fused-ring (bicyclic) bond motifs is 1. The Balaban J connectivity index is 1.90. The SMILES string of the molecule is CC1(O)CCN(C(=O)c2cccc3cccnc23)CC1. The van der Waals surface area contributed by atoms with Crippen LogP contribution in [-0.4, -0.2) is 39.6 Å². The van der Waals surface area contributed by atoms with Gasteiger partial charge in [-0.1, -0.05) is 18.2 Å². The van der Waals surface area contributed by atoms with Gasteiger partial charge in [0, 0.05) is 24.7 Å². The molecule has 2 heterocycles. The smallest absolute Gasteiger partial charge is 0.256 e. The largest absolute Gasteiger partial charge is 0.390 e. The van der Waals surface area contributed by atoms with E-state index in [1.54, 1.807) is 11.1 Å². The maximum Gasteiger partial charge on any atom is 0.256 e. The van der Waals surface area contributed by atoms with Crippen molar-refractivity contribution in [3.05, 3.63) is 42.1 Å². The minimum atomic E-state index is -0.645. The van der Waals surface area contributed by atoms with Gasteiger partial charge < -0.3 is 10.0 Å². The molecule has 104 valence electrons. The van der Waals surface area contributed by atoms with Crippen molar-refractivity contribution >= 4 is 16.8 Å². The Kier molecular flexibility index (Phi) is 3.18. The molecule has 1 aromatic heterocycles. The van der Waals surface area contributed by atoms with Crippen molar-refractivity contribution in [1.29, 1.82) is 0 Å². The first-order valence-corrected chi connectivity index (χ1v) is 6.92. The zero-order chi connectivity index (χ0) is 14.2. The highest BCUT2D eigenvalue weighted by Crippen LogP contribution is 2.24. The van der Waals surface area contributed by atoms with Crippen molar-refractivity contribution in [3.8, 4) is 0 Å². The highest BCUT2D eigenvalue weighted by molar-refractivity contribution is 6.05. The second kappa shape index (κ2) is 4.87. The van der Waals surface area contributed by atoms with Crippen LogP contribution in [0, 0.1) is 0 Å². The number of aromatic nitrogens is 1. The lowest BCUT2D eigenvalue weighted by molar-refractivity contribution is -0.00196. The molecule has 0 aliphatic carbocycles. The molecule has 1 aliphatic heterocycles. The molecular formula is C16H18N2O2. The number of likely N-dealkylation sites (tertiary alicyclic amines) is 1. The summed E-state index contributed by atoms with van der Waals surface area (Å²) in [6.45, 7) is 3.01. The van der Waals surface area contributed by atoms with E-state index in [0.717, 1.165) is 10.9 Å². The van der Waals surface area contributed by atoms with Crippen molar-refractivity contribution in [2.75, 3.05) is 13.1 Å². The highest BCUT2D eigenvalue weighted by Gasteiger charge is 2.30. The van der Waals surface area contributed by atoms with Crippen LogP contribution in [0.4, 0.5) is 0 Å². The van der Waals surface area contributed by atoms with Crippen LogP contribution >= 0.6 is 0 Å². The summed E-state index contributed by atoms with van der Waals surface area (Å²) in [5.41, 5.74) is 0.746. The number of amides is 1. The van der Waals surface area contributed by atoms with E-state index in [4.69, 9.17) is 0 Å². The molecule has 0 spiro atoms. The number of piperidine rings is 1. The number of nitrogens with zero attached hydrogens (tertiary/aromatic N) is 2. The fourth-order valence-electron chi connectivity index (χ4n) is 2.64. The summed E-state index contributed by atoms with van der Waals surface area (Å²) < 4.78 is 0. The van der Waals surface area contributed by atoms with E-state index in [1.165, 1.54) is 0 Å². The number of hydrogen-bond donors (Lipinski definition) is 1. The molecule has 1 amide bonds. The summed E-state index contributed by atoms with van der Waals surface area (Å²) in [7, 11) is 0. The number of para-hydroxylation sites is 1. The summed E-state index contributed by atoms with van der Waals surface area (Å²) in [6.07, 6.45) is 2.95. The van der Waals surface area contributed by atoms with Crippen molar-refractivity contribution in [2.24, 2.45) is 0 Å². The van der Waals surface area contributed by atoms with Crippen LogP contribution in [0.3, 0.4) is 0 Å². The van der Waals surface area contributed by atoms with Crippen molar-refractivity contribution in [1.82, 2.24) is 9.88 Å². The lowest BCUT2D eigenvalue weighted by Crippen LogP contribution is -2.45. The van der Waals surface area contributed by atoms with Crippen LogP contribution in [0.5, 0.6) is 0 Å². The molecule has 1 aromatic carbocycles. The van der Waals surface area contributed by atoms with Crippen LogP contribution in [-0.2, 0) is 0 Å². The predicted octanol–water partition coefficient (Wildman–Crippen LogP) is 2.22. The van der Waals surface area contributed by atoms with Gasteiger partial charge in [0.1, 0.15) is 0 Å². The monoisotopic (exact) mass is 270 g/mol. The number of pyridine rings is 1. The number of benzene rings is 1. The van der Waals surface area contributed by atoms with Gasteiger partial charge in [-0.25, -0.2) is 0 Å². The van der Waals surface area contributed by atoms with E-state index in [9.17, 15) is 9.90 Å². The van der Waals surface area contributed by atoms with E-state index >= 15 is 0 Å². The van der Waals surface area contributed by atoms with E-state index in [-0.39, 0.29) is 5.91 Å². The van der Waals surface area contributed by atoms with Crippen LogP contribution < -0.4 is 0 Å². The molecule has 4 heteroatoms. The number of rotatable bonds is 1. The standard InChI is InChI=1S/C16H18N2O2/c1-16(20)7-10-18(11-8-16)15(19)13-6-2-4-12-5-3-9-17-14(12)13/h2-6,9,20H,7-8,10-11H2,1H3. The molecule has 0 saturated carbocycles. The molecule has 1 N–H and O–H groups in total. The normalized spacial score (nSPS) is 18.2. The summed E-state index contributed by atoms with van der Waals surface area (Å²) in [5.74, 6) is 0.00444. The minimum Gasteiger partial charge on any atom is -0.390 e. The van der Waals surface area contributed by atoms with Crippen LogP contribution in [0.1, 0.15) is 30.1 Å². The first-order valence-electron chi connectivity index (χ1n) is 6.92. The molecule has 1 aliphatic rings. The van der Waals surface area contributed by atoms with Gasteiger partial charge in [-0.2, -0.15) is 0 Å². The van der Waals surface area contributed by atoms with Crippen LogP contribution in [0.2, 0.25) is 0 Å². The van der Waals surface area contributed by atoms with E-state index < -0.39 is 5.60 Å². The topological polar surface area (TPSA) is 53.4 Å². The summed E-state index contributed by atoms with van der Waals surface area (Å²) in [6, 6.07) is 9.50. The molecule has 0 atom stereocenters. The van der Waals surface area contributed by atoms with Gasteiger partial charge in [-0.15, -0.1) is 0 Å². The molecule has 3 rings (SSSR count). The molecule has 2 aromatic rings. The third kappa shape index (κ3) is 2.39. The Labute approximate surface area is 118 Å². The van der Waals surface area contributed by atoms with Gasteiger partial charge in [0.15, 0.2) is 0 Å². The van der Waals surface area contributed by atoms with Crippen LogP contribution in [0.15, 0.2) is 36.5 Å². The molecule has 1 saturated heterocycles. The van der Waals surface area contributed by atoms with Crippen LogP contribution in [0.25, 0.3) is 10.9 Å². The highest BCUT2D eigenvalue weighted by atomic mass is 16.3. The Morgan fingerprint density at radius 1 is 1.25 bits per heavy atom. The fourth-order valence-corrected chi connectivity index (χ4v) is 2.64. The molecule has 1 fully saturated rings. The molecule has 0 bridgehead atoms. The minimum absolute atomic E-state index is 0.00444. The second-order valence-electron chi connectivity index (χ2n) is 5.67. The number of carbonyl (C=O) groups excluding carboxylic acids is 1. The van der Waals surface area contributed by atoms with Gasteiger partial charge in [-0.05, 0) is 31.9 Å². The summed E-state index contributed by atoms with van der Waals surface area (Å²) in [4.78, 5) is 18.8. The quantitative estimate of drug-likeness (QED) is 0.864. The van der Waals surface area contributed by atoms with Gasteiger partial charge in [0.05, 0.1) is 16.7 Å². The Morgan fingerprint density at radius 3 is 2.70 bits per heavy atom. The first-order chi connectivity index (χ1) is 9.57. The Morgan fingerprint density at radius 2 is 1.95 bits per heavy atom. The van der Waals surface area contributed by atoms with Gasteiger partial charge in [0.25, 0.3) is 5.91 Å². The summed E-state index contributed by atoms with van der Waals surface area (Å²) >= 11 is 0. The molecular weight excluding hydrogens is 252 g/mol. The van der Waals surface area contributed by atoms with Gasteiger partial charge in [0.2, 0.25) is 0 Å². The maximum atomic E-state index is 12.6. The third-order valence-corrected chi connectivity index (χ3v) is 3.99. The fraction of sp³-hybridized carbons (Fsp3) is 0.375. The molecule has 20 heavy (non-hydrogen) atoms. The number of hydrogen-bond acceptors (Lipinski definition) is 3. The first kappa shape index (κ1) is 13.1. The maximum absolute atomic E-state index is 12.6. The van der Waals surface area contributed by atoms with E-state index in [2.05, 4.69) is 4.98 Å². The van der Waals surface area contributed by atoms with Crippen molar-refractivity contribution in [2.45, 2.75) is 25.4 Å². The second-order valence-corrected chi connectivity index (χ2v) is 5.67. The van der Waals surface area contributed by atoms with Crippen molar-refractivity contribution in [3.63, 3.8) is 0 Å². The van der Waals surface area contributed by atoms with Gasteiger partial charge >= 0.3 is 0 Å². The zero-order valence-electron chi connectivity index (χ0n) is 11.5.